The van der Waals surface area contributed by atoms with Gasteiger partial charge in [-0.15, -0.1) is 0 Å². The van der Waals surface area contributed by atoms with E-state index in [0.29, 0.717) is 6.61 Å². The van der Waals surface area contributed by atoms with Crippen LogP contribution in [0.15, 0.2) is 33.5 Å². The highest BCUT2D eigenvalue weighted by molar-refractivity contribution is 8.01. The van der Waals surface area contributed by atoms with E-state index in [2.05, 4.69) is 9.36 Å². The highest BCUT2D eigenvalue weighted by Gasteiger charge is 2.09. The summed E-state index contributed by atoms with van der Waals surface area (Å²) in [5, 5.41) is 0. The molecule has 2 aromatic rings. The first kappa shape index (κ1) is 13.3. The van der Waals surface area contributed by atoms with Gasteiger partial charge in [-0.25, -0.2) is 4.98 Å². The van der Waals surface area contributed by atoms with Gasteiger partial charge in [0.1, 0.15) is 11.6 Å². The molecule has 1 aromatic carbocycles. The molecule has 0 N–H and O–H groups in total. The summed E-state index contributed by atoms with van der Waals surface area (Å²) >= 11 is 2.98. The number of aromatic nitrogens is 2. The standard InChI is InChI=1S/C12H14N2O2S2/c1-15-8-7-11-13-12(18-14-11)17-10-6-4-3-5-9(10)16-2/h3-6H,7-8H2,1-2H3. The van der Waals surface area contributed by atoms with E-state index in [1.165, 1.54) is 11.5 Å². The van der Waals surface area contributed by atoms with Gasteiger partial charge >= 0.3 is 0 Å². The molecule has 0 aliphatic rings. The molecule has 0 saturated carbocycles. The van der Waals surface area contributed by atoms with Crippen molar-refractivity contribution in [2.45, 2.75) is 15.7 Å². The zero-order valence-electron chi connectivity index (χ0n) is 10.3. The Balaban J connectivity index is 2.06. The van der Waals surface area contributed by atoms with Gasteiger partial charge < -0.3 is 9.47 Å². The Kier molecular flexibility index (Phi) is 4.98. The fraction of sp³-hybridized carbons (Fsp3) is 0.333. The van der Waals surface area contributed by atoms with E-state index < -0.39 is 0 Å². The first-order chi connectivity index (χ1) is 8.83. The minimum Gasteiger partial charge on any atom is -0.496 e. The number of para-hydroxylation sites is 1. The monoisotopic (exact) mass is 282 g/mol. The molecule has 0 fully saturated rings. The molecule has 2 rings (SSSR count). The maximum absolute atomic E-state index is 5.30. The van der Waals surface area contributed by atoms with E-state index in [9.17, 15) is 0 Å². The lowest BCUT2D eigenvalue weighted by Gasteiger charge is -2.04. The summed E-state index contributed by atoms with van der Waals surface area (Å²) < 4.78 is 15.5. The second kappa shape index (κ2) is 6.72. The van der Waals surface area contributed by atoms with Crippen LogP contribution in [0.4, 0.5) is 0 Å². The molecule has 0 aliphatic carbocycles. The molecule has 0 spiro atoms. The zero-order chi connectivity index (χ0) is 12.8. The predicted molar refractivity (Wildman–Crippen MR) is 72.6 cm³/mol. The maximum Gasteiger partial charge on any atom is 0.175 e. The van der Waals surface area contributed by atoms with Gasteiger partial charge in [-0.3, -0.25) is 0 Å². The molecular weight excluding hydrogens is 268 g/mol. The van der Waals surface area contributed by atoms with Crippen LogP contribution in [0.1, 0.15) is 5.82 Å². The summed E-state index contributed by atoms with van der Waals surface area (Å²) in [4.78, 5) is 5.50. The molecule has 18 heavy (non-hydrogen) atoms. The quantitative estimate of drug-likeness (QED) is 0.815. The molecule has 0 saturated heterocycles. The summed E-state index contributed by atoms with van der Waals surface area (Å²) in [7, 11) is 3.35. The van der Waals surface area contributed by atoms with Crippen molar-refractivity contribution in [3.8, 4) is 5.75 Å². The first-order valence-electron chi connectivity index (χ1n) is 5.46. The van der Waals surface area contributed by atoms with Crippen molar-refractivity contribution in [3.05, 3.63) is 30.1 Å². The molecule has 96 valence electrons. The number of methoxy groups -OCH3 is 2. The number of benzene rings is 1. The van der Waals surface area contributed by atoms with E-state index in [1.54, 1.807) is 26.0 Å². The average Bonchev–Trinajstić information content (AvgIpc) is 2.84. The highest BCUT2D eigenvalue weighted by Crippen LogP contribution is 2.35. The first-order valence-corrected chi connectivity index (χ1v) is 7.05. The van der Waals surface area contributed by atoms with Crippen molar-refractivity contribution in [1.29, 1.82) is 0 Å². The Labute approximate surface area is 115 Å². The van der Waals surface area contributed by atoms with E-state index in [-0.39, 0.29) is 0 Å². The lowest BCUT2D eigenvalue weighted by atomic mass is 10.3. The largest absolute Gasteiger partial charge is 0.496 e. The highest BCUT2D eigenvalue weighted by atomic mass is 32.2. The lowest BCUT2D eigenvalue weighted by molar-refractivity contribution is 0.200. The van der Waals surface area contributed by atoms with Crippen LogP contribution < -0.4 is 4.74 Å². The van der Waals surface area contributed by atoms with Crippen LogP contribution in [0, 0.1) is 0 Å². The average molecular weight is 282 g/mol. The van der Waals surface area contributed by atoms with E-state index >= 15 is 0 Å². The van der Waals surface area contributed by atoms with Crippen LogP contribution in [-0.4, -0.2) is 30.2 Å². The minimum absolute atomic E-state index is 0.648. The minimum atomic E-state index is 0.648. The second-order valence-corrected chi connectivity index (χ2v) is 5.51. The number of nitrogens with zero attached hydrogens (tertiary/aromatic N) is 2. The van der Waals surface area contributed by atoms with Crippen LogP contribution in [0.3, 0.4) is 0 Å². The predicted octanol–water partition coefficient (Wildman–Crippen LogP) is 2.89. The van der Waals surface area contributed by atoms with E-state index in [4.69, 9.17) is 9.47 Å². The fourth-order valence-electron chi connectivity index (χ4n) is 1.37. The molecule has 0 bridgehead atoms. The number of hydrogen-bond acceptors (Lipinski definition) is 6. The van der Waals surface area contributed by atoms with Gasteiger partial charge in [-0.2, -0.15) is 4.37 Å². The van der Waals surface area contributed by atoms with Crippen molar-refractivity contribution >= 4 is 23.3 Å². The maximum atomic E-state index is 5.30. The van der Waals surface area contributed by atoms with Gasteiger partial charge in [0.05, 0.1) is 18.6 Å². The Morgan fingerprint density at radius 2 is 2.11 bits per heavy atom. The molecule has 0 radical (unpaired) electrons. The Hall–Kier alpha value is -1.11. The summed E-state index contributed by atoms with van der Waals surface area (Å²) in [5.41, 5.74) is 0. The van der Waals surface area contributed by atoms with Crippen LogP contribution >= 0.6 is 23.3 Å². The van der Waals surface area contributed by atoms with Crippen molar-refractivity contribution in [2.75, 3.05) is 20.8 Å². The van der Waals surface area contributed by atoms with Crippen LogP contribution in [0.5, 0.6) is 5.75 Å². The Morgan fingerprint density at radius 3 is 2.89 bits per heavy atom. The summed E-state index contributed by atoms with van der Waals surface area (Å²) in [6.45, 7) is 0.648. The number of rotatable bonds is 6. The molecular formula is C12H14N2O2S2. The lowest BCUT2D eigenvalue weighted by Crippen LogP contribution is -1.95. The Bertz CT molecular complexity index is 502. The molecule has 0 amide bonds. The van der Waals surface area contributed by atoms with Crippen LogP contribution in [0.25, 0.3) is 0 Å². The van der Waals surface area contributed by atoms with E-state index in [0.717, 1.165) is 27.2 Å². The molecule has 4 nitrogen and oxygen atoms in total. The van der Waals surface area contributed by atoms with Crippen molar-refractivity contribution in [3.63, 3.8) is 0 Å². The number of hydrogen-bond donors (Lipinski definition) is 0. The van der Waals surface area contributed by atoms with Gasteiger partial charge in [-0.1, -0.05) is 23.9 Å². The van der Waals surface area contributed by atoms with Gasteiger partial charge in [0.2, 0.25) is 0 Å². The molecule has 0 aliphatic heterocycles. The van der Waals surface area contributed by atoms with Crippen molar-refractivity contribution in [1.82, 2.24) is 9.36 Å². The third-order valence-corrected chi connectivity index (χ3v) is 4.09. The topological polar surface area (TPSA) is 44.2 Å². The fourth-order valence-corrected chi connectivity index (χ4v) is 3.10. The van der Waals surface area contributed by atoms with Crippen molar-refractivity contribution < 1.29 is 9.47 Å². The Morgan fingerprint density at radius 1 is 1.28 bits per heavy atom. The molecule has 0 unspecified atom stereocenters. The SMILES string of the molecule is COCCc1nsc(Sc2ccccc2OC)n1. The van der Waals surface area contributed by atoms with Gasteiger partial charge in [0.15, 0.2) is 4.34 Å². The molecule has 1 aromatic heterocycles. The third-order valence-electron chi connectivity index (χ3n) is 2.25. The van der Waals surface area contributed by atoms with Crippen molar-refractivity contribution in [2.24, 2.45) is 0 Å². The van der Waals surface area contributed by atoms with Crippen LogP contribution in [-0.2, 0) is 11.2 Å². The third kappa shape index (κ3) is 3.44. The smallest absolute Gasteiger partial charge is 0.175 e. The van der Waals surface area contributed by atoms with Gasteiger partial charge in [0.25, 0.3) is 0 Å². The molecule has 1 heterocycles. The normalized spacial score (nSPS) is 10.6. The molecule has 6 heteroatoms. The zero-order valence-corrected chi connectivity index (χ0v) is 11.9. The second-order valence-electron chi connectivity index (χ2n) is 3.47. The molecule has 0 atom stereocenters. The van der Waals surface area contributed by atoms with Gasteiger partial charge in [-0.05, 0) is 23.7 Å². The van der Waals surface area contributed by atoms with E-state index in [1.807, 2.05) is 24.3 Å². The van der Waals surface area contributed by atoms with Gasteiger partial charge in [0, 0.05) is 13.5 Å². The summed E-state index contributed by atoms with van der Waals surface area (Å²) in [6.07, 6.45) is 0.749. The summed E-state index contributed by atoms with van der Waals surface area (Å²) in [5.74, 6) is 1.69. The van der Waals surface area contributed by atoms with Crippen LogP contribution in [0.2, 0.25) is 0 Å². The summed E-state index contributed by atoms with van der Waals surface area (Å²) in [6, 6.07) is 7.89. The number of ether oxygens (including phenoxy) is 2.